The fourth-order valence-electron chi connectivity index (χ4n) is 3.57. The first-order valence-electron chi connectivity index (χ1n) is 10.2. The minimum Gasteiger partial charge on any atom is -0.346 e. The van der Waals surface area contributed by atoms with E-state index >= 15 is 0 Å². The third-order valence-electron chi connectivity index (χ3n) is 5.35. The van der Waals surface area contributed by atoms with Crippen LogP contribution < -0.4 is 15.5 Å². The minimum atomic E-state index is -0.334. The summed E-state index contributed by atoms with van der Waals surface area (Å²) in [5, 5.41) is 6.57. The first-order valence-corrected chi connectivity index (χ1v) is 11.2. The van der Waals surface area contributed by atoms with Crippen molar-refractivity contribution in [2.45, 2.75) is 4.90 Å². The lowest BCUT2D eigenvalue weighted by molar-refractivity contribution is -0.116. The number of pyridine rings is 1. The second-order valence-electron chi connectivity index (χ2n) is 7.55. The van der Waals surface area contributed by atoms with Crippen LogP contribution in [0.3, 0.4) is 0 Å². The van der Waals surface area contributed by atoms with Gasteiger partial charge in [0.1, 0.15) is 5.65 Å². The molecular weight excluding hydrogens is 474 g/mol. The Labute approximate surface area is 205 Å². The molecule has 5 rings (SSSR count). The number of H-pyrrole nitrogens is 1. The molecule has 0 fully saturated rings. The molecule has 1 aliphatic rings. The number of nitrogens with zero attached hydrogens (tertiary/aromatic N) is 2. The molecule has 2 aromatic heterocycles. The van der Waals surface area contributed by atoms with E-state index in [4.69, 9.17) is 0 Å². The first kappa shape index (κ1) is 23.3. The smallest absolute Gasteiger partial charge is 0.255 e. The van der Waals surface area contributed by atoms with Crippen LogP contribution in [0.2, 0.25) is 0 Å². The van der Waals surface area contributed by atoms with E-state index < -0.39 is 0 Å². The van der Waals surface area contributed by atoms with Gasteiger partial charge in [0.25, 0.3) is 11.8 Å². The molecule has 3 N–H and O–H groups in total. The number of nitrogens with one attached hydrogen (secondary N) is 3. The second-order valence-corrected chi connectivity index (χ2v) is 8.57. The highest BCUT2D eigenvalue weighted by molar-refractivity contribution is 8.00. The second kappa shape index (κ2) is 9.58. The summed E-state index contributed by atoms with van der Waals surface area (Å²) in [6.07, 6.45) is 3.36. The number of anilines is 3. The SMILES string of the molecule is CN1C(=O)CSc2cc(NC(=O)c3cccc(C(=O)Nc4cnc5[nH]ccc5c4)c3)ccc21.Cl. The Balaban J connectivity index is 0.00000274. The van der Waals surface area contributed by atoms with Crippen LogP contribution in [-0.2, 0) is 4.79 Å². The van der Waals surface area contributed by atoms with E-state index in [1.807, 2.05) is 24.3 Å². The lowest BCUT2D eigenvalue weighted by Crippen LogP contribution is -2.31. The number of hydrogen-bond acceptors (Lipinski definition) is 5. The van der Waals surface area contributed by atoms with Crippen LogP contribution in [0.4, 0.5) is 17.1 Å². The Morgan fingerprint density at radius 3 is 2.50 bits per heavy atom. The largest absolute Gasteiger partial charge is 0.346 e. The van der Waals surface area contributed by atoms with E-state index in [1.165, 1.54) is 11.8 Å². The van der Waals surface area contributed by atoms with Crippen LogP contribution in [0.15, 0.2) is 71.9 Å². The van der Waals surface area contributed by atoms with Crippen molar-refractivity contribution in [3.05, 3.63) is 78.1 Å². The highest BCUT2D eigenvalue weighted by Crippen LogP contribution is 2.36. The molecule has 3 amide bonds. The van der Waals surface area contributed by atoms with Crippen molar-refractivity contribution in [3.8, 4) is 0 Å². The molecule has 34 heavy (non-hydrogen) atoms. The number of aromatic amines is 1. The number of halogens is 1. The molecule has 2 aromatic carbocycles. The van der Waals surface area contributed by atoms with Gasteiger partial charge in [-0.15, -0.1) is 24.2 Å². The fraction of sp³-hybridized carbons (Fsp3) is 0.0833. The van der Waals surface area contributed by atoms with E-state index in [-0.39, 0.29) is 30.1 Å². The Hall–Kier alpha value is -3.82. The highest BCUT2D eigenvalue weighted by atomic mass is 35.5. The van der Waals surface area contributed by atoms with Crippen molar-refractivity contribution in [1.82, 2.24) is 9.97 Å². The van der Waals surface area contributed by atoms with Crippen LogP contribution in [0.5, 0.6) is 0 Å². The maximum Gasteiger partial charge on any atom is 0.255 e. The summed E-state index contributed by atoms with van der Waals surface area (Å²) in [7, 11) is 1.74. The third kappa shape index (κ3) is 4.61. The van der Waals surface area contributed by atoms with Crippen LogP contribution in [0.1, 0.15) is 20.7 Å². The van der Waals surface area contributed by atoms with Crippen molar-refractivity contribution in [2.24, 2.45) is 0 Å². The fourth-order valence-corrected chi connectivity index (χ4v) is 4.61. The minimum absolute atomic E-state index is 0. The van der Waals surface area contributed by atoms with E-state index in [0.717, 1.165) is 21.6 Å². The van der Waals surface area contributed by atoms with Gasteiger partial charge < -0.3 is 20.5 Å². The Morgan fingerprint density at radius 2 is 1.74 bits per heavy atom. The summed E-state index contributed by atoms with van der Waals surface area (Å²) in [5.74, 6) is -0.252. The Bertz CT molecular complexity index is 1420. The quantitative estimate of drug-likeness (QED) is 0.386. The molecule has 0 saturated heterocycles. The highest BCUT2D eigenvalue weighted by Gasteiger charge is 2.22. The molecule has 0 radical (unpaired) electrons. The van der Waals surface area contributed by atoms with E-state index in [1.54, 1.807) is 54.7 Å². The lowest BCUT2D eigenvalue weighted by Gasteiger charge is -2.25. The van der Waals surface area contributed by atoms with Gasteiger partial charge in [-0.2, -0.15) is 0 Å². The topological polar surface area (TPSA) is 107 Å². The average Bonchev–Trinajstić information content (AvgIpc) is 3.29. The lowest BCUT2D eigenvalue weighted by atomic mass is 10.1. The molecule has 0 unspecified atom stereocenters. The molecule has 0 aliphatic carbocycles. The zero-order valence-corrected chi connectivity index (χ0v) is 19.6. The normalized spacial score (nSPS) is 12.6. The summed E-state index contributed by atoms with van der Waals surface area (Å²) in [5.41, 5.74) is 3.47. The maximum atomic E-state index is 12.8. The number of benzene rings is 2. The molecule has 0 bridgehead atoms. The predicted octanol–water partition coefficient (Wildman–Crippen LogP) is 4.56. The molecule has 10 heteroatoms. The number of rotatable bonds is 4. The predicted molar refractivity (Wildman–Crippen MR) is 136 cm³/mol. The Morgan fingerprint density at radius 1 is 1.00 bits per heavy atom. The molecule has 0 saturated carbocycles. The number of amides is 3. The van der Waals surface area contributed by atoms with Gasteiger partial charge in [0, 0.05) is 40.3 Å². The van der Waals surface area contributed by atoms with E-state index in [2.05, 4.69) is 20.6 Å². The number of aromatic nitrogens is 2. The van der Waals surface area contributed by atoms with Crippen LogP contribution in [0, 0.1) is 0 Å². The number of thioether (sulfide) groups is 1. The molecule has 3 heterocycles. The maximum absolute atomic E-state index is 12.8. The van der Waals surface area contributed by atoms with Gasteiger partial charge in [-0.05, 0) is 48.5 Å². The van der Waals surface area contributed by atoms with Gasteiger partial charge in [0.15, 0.2) is 0 Å². The van der Waals surface area contributed by atoms with Crippen molar-refractivity contribution in [1.29, 1.82) is 0 Å². The van der Waals surface area contributed by atoms with Crippen LogP contribution in [-0.4, -0.2) is 40.5 Å². The van der Waals surface area contributed by atoms with Gasteiger partial charge in [-0.25, -0.2) is 4.98 Å². The third-order valence-corrected chi connectivity index (χ3v) is 6.38. The molecule has 172 valence electrons. The molecule has 4 aromatic rings. The number of carbonyl (C=O) groups excluding carboxylic acids is 3. The summed E-state index contributed by atoms with van der Waals surface area (Å²) in [6, 6.07) is 15.6. The molecular formula is C24H20ClN5O3S. The summed E-state index contributed by atoms with van der Waals surface area (Å²) in [4.78, 5) is 47.2. The molecule has 0 atom stereocenters. The summed E-state index contributed by atoms with van der Waals surface area (Å²) >= 11 is 1.44. The van der Waals surface area contributed by atoms with Gasteiger partial charge >= 0.3 is 0 Å². The molecule has 1 aliphatic heterocycles. The van der Waals surface area contributed by atoms with Gasteiger partial charge in [-0.1, -0.05) is 6.07 Å². The van der Waals surface area contributed by atoms with Crippen LogP contribution >= 0.6 is 24.2 Å². The van der Waals surface area contributed by atoms with Crippen molar-refractivity contribution >= 4 is 70.0 Å². The standard InChI is InChI=1S/C24H19N5O3S.ClH/c1-29-19-6-5-17(11-20(19)33-13-21(29)30)27-23(31)15-3-2-4-16(9-15)24(32)28-18-10-14-7-8-25-22(14)26-12-18;/h2-12H,13H2,1H3,(H,25,26)(H,27,31)(H,28,32);1H. The van der Waals surface area contributed by atoms with E-state index in [9.17, 15) is 14.4 Å². The van der Waals surface area contributed by atoms with Gasteiger partial charge in [0.2, 0.25) is 5.91 Å². The number of fused-ring (bicyclic) bond motifs is 2. The average molecular weight is 494 g/mol. The van der Waals surface area contributed by atoms with Crippen LogP contribution in [0.25, 0.3) is 11.0 Å². The monoisotopic (exact) mass is 493 g/mol. The van der Waals surface area contributed by atoms with E-state index in [0.29, 0.717) is 28.3 Å². The summed E-state index contributed by atoms with van der Waals surface area (Å²) in [6.45, 7) is 0. The first-order chi connectivity index (χ1) is 16.0. The van der Waals surface area contributed by atoms with Gasteiger partial charge in [-0.3, -0.25) is 14.4 Å². The molecule has 0 spiro atoms. The summed E-state index contributed by atoms with van der Waals surface area (Å²) < 4.78 is 0. The zero-order valence-electron chi connectivity index (χ0n) is 18.0. The van der Waals surface area contributed by atoms with Crippen molar-refractivity contribution in [2.75, 3.05) is 28.3 Å². The Kier molecular flexibility index (Phi) is 6.58. The zero-order chi connectivity index (χ0) is 22.9. The van der Waals surface area contributed by atoms with Crippen molar-refractivity contribution in [3.63, 3.8) is 0 Å². The number of hydrogen-bond donors (Lipinski definition) is 3. The van der Waals surface area contributed by atoms with Crippen molar-refractivity contribution < 1.29 is 14.4 Å². The number of carbonyl (C=O) groups is 3. The molecule has 8 nitrogen and oxygen atoms in total. The van der Waals surface area contributed by atoms with Gasteiger partial charge in [0.05, 0.1) is 23.3 Å².